The van der Waals surface area contributed by atoms with Crippen LogP contribution >= 0.6 is 0 Å². The Labute approximate surface area is 210 Å². The zero-order valence-corrected chi connectivity index (χ0v) is 19.7. The van der Waals surface area contributed by atoms with Crippen LogP contribution in [-0.4, -0.2) is 56.3 Å². The van der Waals surface area contributed by atoms with Crippen LogP contribution in [0.1, 0.15) is 30.1 Å². The van der Waals surface area contributed by atoms with Crippen molar-refractivity contribution in [3.63, 3.8) is 0 Å². The lowest BCUT2D eigenvalue weighted by molar-refractivity contribution is -0.158. The zero-order chi connectivity index (χ0) is 27.5. The first-order valence-electron chi connectivity index (χ1n) is 11.6. The van der Waals surface area contributed by atoms with Gasteiger partial charge in [-0.3, -0.25) is 23.9 Å². The van der Waals surface area contributed by atoms with Crippen molar-refractivity contribution in [3.8, 4) is 5.82 Å². The Morgan fingerprint density at radius 2 is 1.92 bits per heavy atom. The summed E-state index contributed by atoms with van der Waals surface area (Å²) in [5, 5.41) is 11.6. The highest BCUT2D eigenvalue weighted by Crippen LogP contribution is 2.40. The average molecular weight is 537 g/mol. The standard InChI is InChI=1S/C24H20F5N5O4/c1-10-16(35)9-33(23(10)38)17-5-4-13-18(36)14(22(37)32-19(11-2-3-11)24(27,28)29)8-34(20(13)31-17)21-15(26)6-12(25)7-30-21/h4-8,10-11,16,19,35H,2-3,9H2,1H3,(H,32,37). The molecule has 0 bridgehead atoms. The molecule has 3 unspecified atom stereocenters. The minimum Gasteiger partial charge on any atom is -0.390 e. The van der Waals surface area contributed by atoms with E-state index in [4.69, 9.17) is 0 Å². The highest BCUT2D eigenvalue weighted by Gasteiger charge is 2.50. The van der Waals surface area contributed by atoms with Crippen LogP contribution in [0.4, 0.5) is 27.8 Å². The van der Waals surface area contributed by atoms with Gasteiger partial charge in [0.25, 0.3) is 5.91 Å². The molecule has 2 aliphatic rings. The molecule has 200 valence electrons. The fourth-order valence-corrected chi connectivity index (χ4v) is 4.42. The molecule has 38 heavy (non-hydrogen) atoms. The molecule has 1 aliphatic heterocycles. The Morgan fingerprint density at radius 3 is 2.50 bits per heavy atom. The number of carbonyl (C=O) groups is 2. The van der Waals surface area contributed by atoms with E-state index in [-0.39, 0.29) is 36.2 Å². The second-order valence-electron chi connectivity index (χ2n) is 9.38. The van der Waals surface area contributed by atoms with Crippen LogP contribution in [0.15, 0.2) is 35.4 Å². The number of β-amino-alcohol motifs (C(OH)–C–C–N with tert-alkyl or cyclic N) is 1. The number of aromatic nitrogens is 3. The molecule has 1 saturated heterocycles. The first kappa shape index (κ1) is 25.7. The fourth-order valence-electron chi connectivity index (χ4n) is 4.42. The number of aliphatic hydroxyl groups excluding tert-OH is 1. The number of nitrogens with one attached hydrogen (secondary N) is 1. The molecule has 1 aliphatic carbocycles. The lowest BCUT2D eigenvalue weighted by Gasteiger charge is -2.22. The molecular formula is C24H20F5N5O4. The molecule has 0 spiro atoms. The van der Waals surface area contributed by atoms with Crippen LogP contribution < -0.4 is 15.6 Å². The summed E-state index contributed by atoms with van der Waals surface area (Å²) in [5.41, 5.74) is -2.03. The van der Waals surface area contributed by atoms with Gasteiger partial charge < -0.3 is 10.4 Å². The van der Waals surface area contributed by atoms with Crippen molar-refractivity contribution in [2.24, 2.45) is 11.8 Å². The molecule has 5 rings (SSSR count). The molecule has 3 aromatic rings. The van der Waals surface area contributed by atoms with Gasteiger partial charge in [-0.25, -0.2) is 18.7 Å². The number of nitrogens with zero attached hydrogens (tertiary/aromatic N) is 4. The number of anilines is 1. The number of carbonyl (C=O) groups excluding carboxylic acids is 2. The normalized spacial score (nSPS) is 20.7. The van der Waals surface area contributed by atoms with Gasteiger partial charge in [0.15, 0.2) is 17.3 Å². The summed E-state index contributed by atoms with van der Waals surface area (Å²) in [5.74, 6) is -6.18. The average Bonchev–Trinajstić information content (AvgIpc) is 3.65. The minimum atomic E-state index is -4.75. The predicted octanol–water partition coefficient (Wildman–Crippen LogP) is 2.47. The van der Waals surface area contributed by atoms with Gasteiger partial charge in [-0.2, -0.15) is 13.2 Å². The summed E-state index contributed by atoms with van der Waals surface area (Å²) in [7, 11) is 0. The van der Waals surface area contributed by atoms with Crippen LogP contribution in [-0.2, 0) is 4.79 Å². The third-order valence-electron chi connectivity index (χ3n) is 6.71. The summed E-state index contributed by atoms with van der Waals surface area (Å²) >= 11 is 0. The maximum absolute atomic E-state index is 14.8. The van der Waals surface area contributed by atoms with Crippen molar-refractivity contribution < 1.29 is 36.6 Å². The summed E-state index contributed by atoms with van der Waals surface area (Å²) in [6.45, 7) is 1.41. The number of alkyl halides is 3. The maximum atomic E-state index is 14.8. The smallest absolute Gasteiger partial charge is 0.390 e. The van der Waals surface area contributed by atoms with Gasteiger partial charge in [0.2, 0.25) is 11.3 Å². The second-order valence-corrected chi connectivity index (χ2v) is 9.38. The van der Waals surface area contributed by atoms with Crippen molar-refractivity contribution in [2.75, 3.05) is 11.4 Å². The number of amides is 2. The molecule has 14 heteroatoms. The van der Waals surface area contributed by atoms with E-state index in [1.807, 2.05) is 5.32 Å². The number of fused-ring (bicyclic) bond motifs is 1. The lowest BCUT2D eigenvalue weighted by atomic mass is 10.1. The zero-order valence-electron chi connectivity index (χ0n) is 19.7. The minimum absolute atomic E-state index is 0.00959. The van der Waals surface area contributed by atoms with E-state index in [2.05, 4.69) is 9.97 Å². The third-order valence-corrected chi connectivity index (χ3v) is 6.71. The third kappa shape index (κ3) is 4.48. The van der Waals surface area contributed by atoms with E-state index in [9.17, 15) is 41.4 Å². The van der Waals surface area contributed by atoms with E-state index in [1.54, 1.807) is 0 Å². The Hall–Kier alpha value is -3.94. The van der Waals surface area contributed by atoms with Crippen molar-refractivity contribution in [1.82, 2.24) is 19.9 Å². The number of hydrogen-bond acceptors (Lipinski definition) is 6. The van der Waals surface area contributed by atoms with Gasteiger partial charge in [-0.15, -0.1) is 0 Å². The summed E-state index contributed by atoms with van der Waals surface area (Å²) in [6.07, 6.45) is -3.78. The SMILES string of the molecule is CC1C(=O)N(c2ccc3c(=O)c(C(=O)NC(C4CC4)C(F)(F)F)cn(-c4ncc(F)cc4F)c3n2)CC1O. The molecule has 9 nitrogen and oxygen atoms in total. The van der Waals surface area contributed by atoms with Gasteiger partial charge >= 0.3 is 6.18 Å². The number of rotatable bonds is 5. The first-order valence-corrected chi connectivity index (χ1v) is 11.6. The molecule has 0 aromatic carbocycles. The van der Waals surface area contributed by atoms with E-state index in [0.29, 0.717) is 12.3 Å². The molecule has 4 heterocycles. The lowest BCUT2D eigenvalue weighted by Crippen LogP contribution is -2.48. The Balaban J connectivity index is 1.67. The van der Waals surface area contributed by atoms with Crippen LogP contribution in [0.3, 0.4) is 0 Å². The molecule has 2 fully saturated rings. The van der Waals surface area contributed by atoms with Crippen molar-refractivity contribution in [2.45, 2.75) is 38.1 Å². The maximum Gasteiger partial charge on any atom is 0.408 e. The molecule has 0 radical (unpaired) electrons. The quantitative estimate of drug-likeness (QED) is 0.483. The van der Waals surface area contributed by atoms with Gasteiger partial charge in [0, 0.05) is 12.3 Å². The highest BCUT2D eigenvalue weighted by molar-refractivity contribution is 5.99. The topological polar surface area (TPSA) is 117 Å². The first-order chi connectivity index (χ1) is 17.9. The van der Waals surface area contributed by atoms with Crippen LogP contribution in [0, 0.1) is 23.5 Å². The van der Waals surface area contributed by atoms with E-state index >= 15 is 0 Å². The largest absolute Gasteiger partial charge is 0.408 e. The molecule has 3 aromatic heterocycles. The fraction of sp³-hybridized carbons (Fsp3) is 0.375. The van der Waals surface area contributed by atoms with Gasteiger partial charge in [0.05, 0.1) is 30.1 Å². The van der Waals surface area contributed by atoms with Gasteiger partial charge in [-0.05, 0) is 30.9 Å². The summed E-state index contributed by atoms with van der Waals surface area (Å²) < 4.78 is 69.7. The number of pyridine rings is 3. The Kier molecular flexibility index (Phi) is 6.16. The number of halogens is 5. The van der Waals surface area contributed by atoms with E-state index in [0.717, 1.165) is 15.7 Å². The summed E-state index contributed by atoms with van der Waals surface area (Å²) in [6, 6.07) is 0.758. The highest BCUT2D eigenvalue weighted by atomic mass is 19.4. The van der Waals surface area contributed by atoms with Crippen molar-refractivity contribution in [1.29, 1.82) is 0 Å². The van der Waals surface area contributed by atoms with Crippen molar-refractivity contribution in [3.05, 3.63) is 58.0 Å². The monoisotopic (exact) mass is 537 g/mol. The molecule has 1 saturated carbocycles. The van der Waals surface area contributed by atoms with Crippen LogP contribution in [0.5, 0.6) is 0 Å². The molecule has 2 amide bonds. The van der Waals surface area contributed by atoms with Crippen LogP contribution in [0.2, 0.25) is 0 Å². The summed E-state index contributed by atoms with van der Waals surface area (Å²) in [4.78, 5) is 47.8. The number of aliphatic hydroxyl groups is 1. The number of hydrogen-bond donors (Lipinski definition) is 2. The van der Waals surface area contributed by atoms with E-state index in [1.165, 1.54) is 19.1 Å². The van der Waals surface area contributed by atoms with Crippen molar-refractivity contribution >= 4 is 28.7 Å². The molecular weight excluding hydrogens is 517 g/mol. The van der Waals surface area contributed by atoms with E-state index < -0.39 is 70.4 Å². The predicted molar refractivity (Wildman–Crippen MR) is 123 cm³/mol. The Bertz CT molecular complexity index is 1520. The molecule has 3 atom stereocenters. The van der Waals surface area contributed by atoms with Gasteiger partial charge in [0.1, 0.15) is 23.2 Å². The second kappa shape index (κ2) is 9.11. The molecule has 2 N–H and O–H groups in total. The van der Waals surface area contributed by atoms with Crippen LogP contribution in [0.25, 0.3) is 16.9 Å². The van der Waals surface area contributed by atoms with Gasteiger partial charge in [-0.1, -0.05) is 6.92 Å². The Morgan fingerprint density at radius 1 is 1.21 bits per heavy atom.